The molecule has 27 heavy (non-hydrogen) atoms. The van der Waals surface area contributed by atoms with Crippen molar-refractivity contribution in [2.45, 2.75) is 18.5 Å². The summed E-state index contributed by atoms with van der Waals surface area (Å²) in [5.41, 5.74) is 8.36. The molecule has 7 nitrogen and oxygen atoms in total. The molecule has 2 heterocycles. The van der Waals surface area contributed by atoms with Gasteiger partial charge in [-0.25, -0.2) is 4.39 Å². The average molecular weight is 374 g/mol. The molecule has 144 valence electrons. The highest BCUT2D eigenvalue weighted by Gasteiger charge is 2.69. The van der Waals surface area contributed by atoms with E-state index in [4.69, 9.17) is 10.5 Å². The van der Waals surface area contributed by atoms with Crippen LogP contribution in [0.3, 0.4) is 0 Å². The first-order valence-electron chi connectivity index (χ1n) is 9.04. The summed E-state index contributed by atoms with van der Waals surface area (Å²) in [5, 5.41) is 4.20. The number of hydrogen-bond acceptors (Lipinski definition) is 5. The van der Waals surface area contributed by atoms with Crippen LogP contribution in [-0.2, 0) is 14.3 Å². The number of hydrazine groups is 1. The number of carbonyl (C=O) groups excluding carboxylic acids is 2. The Hall–Kier alpha value is -2.45. The Labute approximate surface area is 156 Å². The Kier molecular flexibility index (Phi) is 4.20. The molecule has 4 rings (SSSR count). The minimum absolute atomic E-state index is 0.0763. The first kappa shape index (κ1) is 17.9. The van der Waals surface area contributed by atoms with Gasteiger partial charge in [0.1, 0.15) is 17.1 Å². The lowest BCUT2D eigenvalue weighted by Crippen LogP contribution is -2.60. The Morgan fingerprint density at radius 2 is 2.04 bits per heavy atom. The number of likely N-dealkylation sites (N-methyl/N-ethyl adjacent to an activating group) is 1. The molecule has 0 radical (unpaired) electrons. The van der Waals surface area contributed by atoms with Crippen molar-refractivity contribution in [1.82, 2.24) is 15.8 Å². The van der Waals surface area contributed by atoms with E-state index in [-0.39, 0.29) is 35.2 Å². The fourth-order valence-electron chi connectivity index (χ4n) is 4.67. The van der Waals surface area contributed by atoms with Gasteiger partial charge < -0.3 is 21.2 Å². The van der Waals surface area contributed by atoms with E-state index < -0.39 is 17.5 Å². The molecule has 2 aliphatic heterocycles. The Morgan fingerprint density at radius 3 is 2.63 bits per heavy atom. The van der Waals surface area contributed by atoms with Crippen LogP contribution < -0.4 is 16.5 Å². The van der Waals surface area contributed by atoms with E-state index in [1.165, 1.54) is 13.1 Å². The molecule has 1 saturated heterocycles. The van der Waals surface area contributed by atoms with Gasteiger partial charge in [-0.05, 0) is 30.9 Å². The highest BCUT2D eigenvalue weighted by atomic mass is 19.1. The van der Waals surface area contributed by atoms with Crippen LogP contribution in [0.4, 0.5) is 4.39 Å². The number of ether oxygens (including phenoxy) is 1. The number of benzene rings is 1. The van der Waals surface area contributed by atoms with Gasteiger partial charge in [-0.15, -0.1) is 0 Å². The maximum atomic E-state index is 14.4. The minimum atomic E-state index is -1.22. The van der Waals surface area contributed by atoms with Crippen LogP contribution in [0.25, 0.3) is 0 Å². The second kappa shape index (κ2) is 6.31. The van der Waals surface area contributed by atoms with Gasteiger partial charge in [0, 0.05) is 18.5 Å². The highest BCUT2D eigenvalue weighted by molar-refractivity contribution is 5.97. The van der Waals surface area contributed by atoms with Gasteiger partial charge in [0.25, 0.3) is 5.91 Å². The molecule has 0 spiro atoms. The molecule has 8 heteroatoms. The fraction of sp³-hybridized carbons (Fsp3) is 0.474. The van der Waals surface area contributed by atoms with Gasteiger partial charge in [0.2, 0.25) is 5.91 Å². The van der Waals surface area contributed by atoms with Crippen LogP contribution >= 0.6 is 0 Å². The van der Waals surface area contributed by atoms with Gasteiger partial charge in [0.05, 0.1) is 19.3 Å². The van der Waals surface area contributed by atoms with Crippen molar-refractivity contribution in [1.29, 1.82) is 0 Å². The molecule has 1 aromatic rings. The largest absolute Gasteiger partial charge is 0.381 e. The molecule has 5 atom stereocenters. The first-order valence-corrected chi connectivity index (χ1v) is 9.04. The quantitative estimate of drug-likeness (QED) is 0.696. The summed E-state index contributed by atoms with van der Waals surface area (Å²) in [6.45, 7) is 2.92. The molecule has 0 bridgehead atoms. The lowest BCUT2D eigenvalue weighted by Gasteiger charge is -2.40. The Bertz CT molecular complexity index is 819. The maximum Gasteiger partial charge on any atom is 0.268 e. The predicted molar refractivity (Wildman–Crippen MR) is 95.2 cm³/mol. The van der Waals surface area contributed by atoms with Crippen molar-refractivity contribution in [2.24, 2.45) is 23.5 Å². The first-order chi connectivity index (χ1) is 12.9. The molecule has 3 aliphatic rings. The second-order valence-corrected chi connectivity index (χ2v) is 7.40. The van der Waals surface area contributed by atoms with Crippen molar-refractivity contribution in [3.8, 4) is 0 Å². The van der Waals surface area contributed by atoms with Crippen LogP contribution in [0, 0.1) is 23.6 Å². The smallest absolute Gasteiger partial charge is 0.268 e. The van der Waals surface area contributed by atoms with Gasteiger partial charge in [-0.2, -0.15) is 5.01 Å². The van der Waals surface area contributed by atoms with Crippen LogP contribution in [-0.4, -0.2) is 42.6 Å². The van der Waals surface area contributed by atoms with Crippen molar-refractivity contribution in [2.75, 3.05) is 20.3 Å². The number of fused-ring (bicyclic) bond motifs is 1. The monoisotopic (exact) mass is 374 g/mol. The van der Waals surface area contributed by atoms with Crippen LogP contribution in [0.2, 0.25) is 0 Å². The summed E-state index contributed by atoms with van der Waals surface area (Å²) >= 11 is 0. The van der Waals surface area contributed by atoms with Crippen LogP contribution in [0.1, 0.15) is 18.5 Å². The molecule has 0 aromatic heterocycles. The molecule has 1 aromatic carbocycles. The number of primary amides is 1. The zero-order valence-corrected chi connectivity index (χ0v) is 15.2. The molecule has 4 N–H and O–H groups in total. The molecule has 1 saturated carbocycles. The Balaban J connectivity index is 1.78. The molecular weight excluding hydrogens is 351 g/mol. The number of carbonyl (C=O) groups is 2. The summed E-state index contributed by atoms with van der Waals surface area (Å²) in [4.78, 5) is 25.0. The summed E-state index contributed by atoms with van der Waals surface area (Å²) in [6.07, 6.45) is 1.61. The number of nitrogens with one attached hydrogen (secondary N) is 2. The van der Waals surface area contributed by atoms with E-state index >= 15 is 0 Å². The molecule has 2 amide bonds. The Morgan fingerprint density at radius 1 is 1.37 bits per heavy atom. The lowest BCUT2D eigenvalue weighted by molar-refractivity contribution is -0.132. The van der Waals surface area contributed by atoms with Crippen LogP contribution in [0.15, 0.2) is 36.0 Å². The number of halogens is 1. The highest BCUT2D eigenvalue weighted by Crippen LogP contribution is 2.60. The molecular formula is C19H23FN4O3. The number of rotatable bonds is 5. The van der Waals surface area contributed by atoms with E-state index in [1.807, 2.05) is 0 Å². The summed E-state index contributed by atoms with van der Waals surface area (Å²) in [7, 11) is 1.51. The zero-order valence-electron chi connectivity index (χ0n) is 15.2. The molecule has 2 fully saturated rings. The summed E-state index contributed by atoms with van der Waals surface area (Å²) < 4.78 is 19.9. The topological polar surface area (TPSA) is 96.7 Å². The second-order valence-electron chi connectivity index (χ2n) is 7.40. The number of hydrogen-bond donors (Lipinski definition) is 3. The lowest BCUT2D eigenvalue weighted by atomic mass is 9.87. The SMILES string of the molecule is CNC(=O)C1=CC(C(N)=O)(C2[C@H]3COC[C@@H]23)N([C@@H](C)c2ccccc2F)N1. The normalized spacial score (nSPS) is 33.0. The van der Waals surface area contributed by atoms with Crippen molar-refractivity contribution in [3.63, 3.8) is 0 Å². The van der Waals surface area contributed by atoms with Crippen molar-refractivity contribution < 1.29 is 18.7 Å². The van der Waals surface area contributed by atoms with Gasteiger partial charge in [-0.3, -0.25) is 9.59 Å². The summed E-state index contributed by atoms with van der Waals surface area (Å²) in [6, 6.07) is 5.87. The third-order valence-electron chi connectivity index (χ3n) is 6.07. The van der Waals surface area contributed by atoms with E-state index in [9.17, 15) is 14.0 Å². The molecule has 1 aliphatic carbocycles. The van der Waals surface area contributed by atoms with E-state index in [0.29, 0.717) is 18.8 Å². The van der Waals surface area contributed by atoms with Crippen molar-refractivity contribution in [3.05, 3.63) is 47.4 Å². The van der Waals surface area contributed by atoms with E-state index in [2.05, 4.69) is 10.7 Å². The zero-order chi connectivity index (χ0) is 19.3. The third-order valence-corrected chi connectivity index (χ3v) is 6.07. The average Bonchev–Trinajstić information content (AvgIpc) is 3.02. The van der Waals surface area contributed by atoms with E-state index in [1.54, 1.807) is 36.2 Å². The number of amides is 2. The third kappa shape index (κ3) is 2.55. The fourth-order valence-corrected chi connectivity index (χ4v) is 4.67. The van der Waals surface area contributed by atoms with Gasteiger partial charge >= 0.3 is 0 Å². The van der Waals surface area contributed by atoms with E-state index in [0.717, 1.165) is 0 Å². The van der Waals surface area contributed by atoms with Gasteiger partial charge in [-0.1, -0.05) is 18.2 Å². The molecule has 2 unspecified atom stereocenters. The maximum absolute atomic E-state index is 14.4. The van der Waals surface area contributed by atoms with Crippen molar-refractivity contribution >= 4 is 11.8 Å². The minimum Gasteiger partial charge on any atom is -0.381 e. The predicted octanol–water partition coefficient (Wildman–Crippen LogP) is 0.453. The van der Waals surface area contributed by atoms with Crippen LogP contribution in [0.5, 0.6) is 0 Å². The number of nitrogens with two attached hydrogens (primary N) is 1. The summed E-state index contributed by atoms with van der Waals surface area (Å²) in [5.74, 6) is -0.960. The standard InChI is InChI=1S/C19H23FN4O3/c1-10(11-5-3-4-6-14(11)20)24-19(18(21)26,7-15(23-24)17(25)22-2)16-12-8-27-9-13(12)16/h3-7,10,12-13,16,23H,8-9H2,1-2H3,(H2,21,26)(H,22,25)/t10-,12-,13+,16?,19?/m0/s1. The number of nitrogens with zero attached hydrogens (tertiary/aromatic N) is 1. The van der Waals surface area contributed by atoms with Gasteiger partial charge in [0.15, 0.2) is 0 Å².